The molecule has 0 spiro atoms. The van der Waals surface area contributed by atoms with Gasteiger partial charge in [0.25, 0.3) is 0 Å². The Morgan fingerprint density at radius 3 is 2.50 bits per heavy atom. The molecule has 0 rings (SSSR count). The Bertz CT molecular complexity index is 294. The topological polar surface area (TPSA) is 114 Å². The van der Waals surface area contributed by atoms with E-state index < -0.39 is 24.0 Å². The molecule has 104 valence electrons. The minimum atomic E-state index is -1.17. The third-order valence-corrected chi connectivity index (χ3v) is 1.91. The number of hydrogen-bond donors (Lipinski definition) is 3. The number of ether oxygens (including phenoxy) is 2. The molecule has 0 aromatic heterocycles. The van der Waals surface area contributed by atoms with Crippen LogP contribution in [0, 0.1) is 0 Å². The van der Waals surface area contributed by atoms with E-state index in [1.54, 1.807) is 6.92 Å². The average molecular weight is 262 g/mol. The summed E-state index contributed by atoms with van der Waals surface area (Å²) in [5.74, 6) is -1.75. The van der Waals surface area contributed by atoms with Crippen LogP contribution in [-0.2, 0) is 19.1 Å². The summed E-state index contributed by atoms with van der Waals surface area (Å²) < 4.78 is 9.32. The molecule has 2 amide bonds. The number of amides is 2. The van der Waals surface area contributed by atoms with Crippen LogP contribution < -0.4 is 10.6 Å². The minimum Gasteiger partial charge on any atom is -0.480 e. The molecule has 0 aliphatic carbocycles. The highest BCUT2D eigenvalue weighted by atomic mass is 16.5. The van der Waals surface area contributed by atoms with Crippen LogP contribution in [0.1, 0.15) is 13.3 Å². The maximum Gasteiger partial charge on any atom is 0.326 e. The monoisotopic (exact) mass is 262 g/mol. The number of carboxylic acid groups (broad SMARTS) is 1. The second-order valence-corrected chi connectivity index (χ2v) is 3.30. The van der Waals surface area contributed by atoms with E-state index in [2.05, 4.69) is 15.4 Å². The van der Waals surface area contributed by atoms with E-state index >= 15 is 0 Å². The molecule has 8 nitrogen and oxygen atoms in total. The quantitative estimate of drug-likeness (QED) is 0.500. The third kappa shape index (κ3) is 7.44. The van der Waals surface area contributed by atoms with Crippen molar-refractivity contribution in [2.45, 2.75) is 19.4 Å². The van der Waals surface area contributed by atoms with Gasteiger partial charge in [0.05, 0.1) is 6.61 Å². The number of aliphatic carboxylic acids is 1. The summed E-state index contributed by atoms with van der Waals surface area (Å²) in [7, 11) is 1.43. The summed E-state index contributed by atoms with van der Waals surface area (Å²) in [6.07, 6.45) is 0.138. The smallest absolute Gasteiger partial charge is 0.326 e. The fourth-order valence-corrected chi connectivity index (χ4v) is 1.07. The fraction of sp³-hybridized carbons (Fsp3) is 0.700. The number of methoxy groups -OCH3 is 1. The molecule has 8 heteroatoms. The van der Waals surface area contributed by atoms with Gasteiger partial charge in [-0.2, -0.15) is 0 Å². The van der Waals surface area contributed by atoms with Crippen molar-refractivity contribution in [1.82, 2.24) is 10.6 Å². The lowest BCUT2D eigenvalue weighted by Gasteiger charge is -2.14. The van der Waals surface area contributed by atoms with Gasteiger partial charge in [-0.25, -0.2) is 9.59 Å². The largest absolute Gasteiger partial charge is 0.480 e. The van der Waals surface area contributed by atoms with Gasteiger partial charge in [0.2, 0.25) is 0 Å². The van der Waals surface area contributed by atoms with Crippen molar-refractivity contribution in [3.05, 3.63) is 0 Å². The number of rotatable bonds is 8. The molecule has 0 fully saturated rings. The number of carboxylic acids is 1. The van der Waals surface area contributed by atoms with E-state index in [0.29, 0.717) is 0 Å². The average Bonchev–Trinajstić information content (AvgIpc) is 2.32. The summed E-state index contributed by atoms with van der Waals surface area (Å²) in [4.78, 5) is 33.0. The lowest BCUT2D eigenvalue weighted by Crippen LogP contribution is -2.47. The number of hydrogen-bond acceptors (Lipinski definition) is 5. The van der Waals surface area contributed by atoms with Crippen LogP contribution in [0.2, 0.25) is 0 Å². The SMILES string of the molecule is CCOC(=O)CNC(=O)NC(CCOC)C(=O)O. The van der Waals surface area contributed by atoms with Crippen molar-refractivity contribution in [3.8, 4) is 0 Å². The second-order valence-electron chi connectivity index (χ2n) is 3.30. The van der Waals surface area contributed by atoms with Gasteiger partial charge >= 0.3 is 18.0 Å². The number of esters is 1. The molecule has 0 aliphatic heterocycles. The van der Waals surface area contributed by atoms with Crippen LogP contribution in [0.4, 0.5) is 4.79 Å². The molecule has 0 aromatic rings. The lowest BCUT2D eigenvalue weighted by molar-refractivity contribution is -0.141. The maximum absolute atomic E-state index is 11.3. The summed E-state index contributed by atoms with van der Waals surface area (Å²) in [5.41, 5.74) is 0. The standard InChI is InChI=1S/C10H18N2O6/c1-3-18-8(13)6-11-10(16)12-7(9(14)15)4-5-17-2/h7H,3-6H2,1-2H3,(H,14,15)(H2,11,12,16). The predicted molar refractivity (Wildman–Crippen MR) is 61.1 cm³/mol. The molecule has 0 radical (unpaired) electrons. The third-order valence-electron chi connectivity index (χ3n) is 1.91. The van der Waals surface area contributed by atoms with Gasteiger partial charge in [0.15, 0.2) is 0 Å². The molecule has 0 aromatic carbocycles. The van der Waals surface area contributed by atoms with E-state index in [-0.39, 0.29) is 26.2 Å². The fourth-order valence-electron chi connectivity index (χ4n) is 1.07. The lowest BCUT2D eigenvalue weighted by atomic mass is 10.2. The number of urea groups is 1. The van der Waals surface area contributed by atoms with Crippen LogP contribution in [-0.4, -0.2) is 56.0 Å². The van der Waals surface area contributed by atoms with Crippen molar-refractivity contribution < 1.29 is 29.0 Å². The predicted octanol–water partition coefficient (Wildman–Crippen LogP) is -0.662. The van der Waals surface area contributed by atoms with Crippen LogP contribution in [0.25, 0.3) is 0 Å². The van der Waals surface area contributed by atoms with Crippen molar-refractivity contribution in [2.75, 3.05) is 26.9 Å². The maximum atomic E-state index is 11.3. The van der Waals surface area contributed by atoms with E-state index in [9.17, 15) is 14.4 Å². The highest BCUT2D eigenvalue weighted by Crippen LogP contribution is 1.93. The number of carbonyl (C=O) groups is 3. The first-order valence-electron chi connectivity index (χ1n) is 5.43. The summed E-state index contributed by atoms with van der Waals surface area (Å²) in [6, 6.07) is -1.81. The van der Waals surface area contributed by atoms with Crippen molar-refractivity contribution in [3.63, 3.8) is 0 Å². The van der Waals surface area contributed by atoms with Gasteiger partial charge in [0.1, 0.15) is 12.6 Å². The number of nitrogens with one attached hydrogen (secondary N) is 2. The van der Waals surface area contributed by atoms with E-state index in [0.717, 1.165) is 0 Å². The van der Waals surface area contributed by atoms with E-state index in [1.165, 1.54) is 7.11 Å². The van der Waals surface area contributed by atoms with Crippen molar-refractivity contribution in [1.29, 1.82) is 0 Å². The Hall–Kier alpha value is -1.83. The van der Waals surface area contributed by atoms with Gasteiger partial charge in [-0.05, 0) is 6.92 Å². The van der Waals surface area contributed by atoms with Gasteiger partial charge in [0, 0.05) is 20.1 Å². The zero-order valence-electron chi connectivity index (χ0n) is 10.4. The molecule has 3 N–H and O–H groups in total. The normalized spacial score (nSPS) is 11.4. The Labute approximate surface area is 105 Å². The first kappa shape index (κ1) is 16.2. The van der Waals surface area contributed by atoms with Crippen LogP contribution in [0.5, 0.6) is 0 Å². The van der Waals surface area contributed by atoms with E-state index in [4.69, 9.17) is 9.84 Å². The van der Waals surface area contributed by atoms with Crippen LogP contribution in [0.3, 0.4) is 0 Å². The zero-order valence-corrected chi connectivity index (χ0v) is 10.4. The van der Waals surface area contributed by atoms with Gasteiger partial charge in [-0.3, -0.25) is 4.79 Å². The van der Waals surface area contributed by atoms with Crippen molar-refractivity contribution in [2.24, 2.45) is 0 Å². The second kappa shape index (κ2) is 9.23. The molecule has 1 atom stereocenters. The summed E-state index contributed by atoms with van der Waals surface area (Å²) in [6.45, 7) is 1.75. The molecule has 0 saturated heterocycles. The van der Waals surface area contributed by atoms with Crippen molar-refractivity contribution >= 4 is 18.0 Å². The molecule has 18 heavy (non-hydrogen) atoms. The number of carbonyl (C=O) groups excluding carboxylic acids is 2. The first-order chi connectivity index (χ1) is 8.51. The highest BCUT2D eigenvalue weighted by Gasteiger charge is 2.19. The Kier molecular flexibility index (Phi) is 8.29. The molecular formula is C10H18N2O6. The molecule has 0 aliphatic rings. The summed E-state index contributed by atoms with van der Waals surface area (Å²) in [5, 5.41) is 13.2. The van der Waals surface area contributed by atoms with Crippen LogP contribution >= 0.6 is 0 Å². The minimum absolute atomic E-state index is 0.138. The zero-order chi connectivity index (χ0) is 14.0. The molecule has 0 saturated carbocycles. The van der Waals surface area contributed by atoms with E-state index in [1.807, 2.05) is 0 Å². The Morgan fingerprint density at radius 2 is 2.00 bits per heavy atom. The van der Waals surface area contributed by atoms with Crippen LogP contribution in [0.15, 0.2) is 0 Å². The Morgan fingerprint density at radius 1 is 1.33 bits per heavy atom. The Balaban J connectivity index is 4.02. The van der Waals surface area contributed by atoms with Gasteiger partial charge < -0.3 is 25.2 Å². The first-order valence-corrected chi connectivity index (χ1v) is 5.43. The molecule has 1 unspecified atom stereocenters. The van der Waals surface area contributed by atoms with Gasteiger partial charge in [-0.1, -0.05) is 0 Å². The molecular weight excluding hydrogens is 244 g/mol. The van der Waals surface area contributed by atoms with Gasteiger partial charge in [-0.15, -0.1) is 0 Å². The highest BCUT2D eigenvalue weighted by molar-refractivity contribution is 5.84. The summed E-state index contributed by atoms with van der Waals surface area (Å²) >= 11 is 0. The molecule has 0 bridgehead atoms. The molecule has 0 heterocycles.